The van der Waals surface area contributed by atoms with Gasteiger partial charge in [0.25, 0.3) is 5.91 Å². The first-order valence-corrected chi connectivity index (χ1v) is 12.5. The minimum atomic E-state index is -0.0580. The Balaban J connectivity index is 0.992. The maximum absolute atomic E-state index is 13.2. The van der Waals surface area contributed by atoms with Crippen LogP contribution in [0.3, 0.4) is 0 Å². The van der Waals surface area contributed by atoms with Crippen molar-refractivity contribution in [1.29, 1.82) is 0 Å². The lowest BCUT2D eigenvalue weighted by Gasteiger charge is -2.60. The summed E-state index contributed by atoms with van der Waals surface area (Å²) >= 11 is 0. The smallest absolute Gasteiger partial charge is 0.275 e. The molecule has 0 unspecified atom stereocenters. The fourth-order valence-corrected chi connectivity index (χ4v) is 5.79. The molecule has 0 bridgehead atoms. The number of rotatable bonds is 4. The highest BCUT2D eigenvalue weighted by Gasteiger charge is 2.54. The number of aromatic amines is 1. The predicted octanol–water partition coefficient (Wildman–Crippen LogP) is 4.31. The number of pyridine rings is 1. The Labute approximate surface area is 213 Å². The van der Waals surface area contributed by atoms with E-state index < -0.39 is 0 Å². The Morgan fingerprint density at radius 3 is 2.46 bits per heavy atom. The van der Waals surface area contributed by atoms with Crippen LogP contribution < -0.4 is 0 Å². The molecule has 2 aromatic heterocycles. The first kappa shape index (κ1) is 21.7. The molecule has 2 aliphatic rings. The van der Waals surface area contributed by atoms with E-state index in [0.717, 1.165) is 38.5 Å². The van der Waals surface area contributed by atoms with Crippen LogP contribution in [0.5, 0.6) is 0 Å². The summed E-state index contributed by atoms with van der Waals surface area (Å²) in [6, 6.07) is 26.0. The van der Waals surface area contributed by atoms with E-state index in [1.54, 1.807) is 6.20 Å². The molecule has 0 radical (unpaired) electrons. The molecule has 0 aliphatic carbocycles. The largest absolute Gasteiger partial charge is 0.341 e. The fraction of sp³-hybridized carbons (Fsp3) is 0.200. The molecular weight excluding hydrogens is 462 g/mol. The molecule has 7 nitrogen and oxygen atoms in total. The van der Waals surface area contributed by atoms with Crippen molar-refractivity contribution >= 4 is 33.6 Å². The molecule has 5 aromatic rings. The van der Waals surface area contributed by atoms with Crippen molar-refractivity contribution in [1.82, 2.24) is 25.0 Å². The summed E-state index contributed by atoms with van der Waals surface area (Å²) < 4.78 is 0. The summed E-state index contributed by atoms with van der Waals surface area (Å²) in [6.07, 6.45) is 2.14. The van der Waals surface area contributed by atoms with Gasteiger partial charge in [0.15, 0.2) is 5.69 Å². The van der Waals surface area contributed by atoms with Gasteiger partial charge in [-0.3, -0.25) is 19.7 Å². The zero-order chi connectivity index (χ0) is 25.0. The molecule has 0 atom stereocenters. The lowest BCUT2D eigenvalue weighted by atomic mass is 9.72. The fourth-order valence-electron chi connectivity index (χ4n) is 5.79. The number of hydrogen-bond donors (Lipinski definition) is 1. The van der Waals surface area contributed by atoms with Crippen molar-refractivity contribution in [3.05, 3.63) is 96.3 Å². The van der Waals surface area contributed by atoms with Crippen LogP contribution in [0.25, 0.3) is 32.9 Å². The quantitative estimate of drug-likeness (QED) is 0.410. The van der Waals surface area contributed by atoms with Crippen molar-refractivity contribution in [2.24, 2.45) is 5.41 Å². The number of carbonyl (C=O) groups is 2. The molecular formula is C30H25N5O2. The number of carbonyl (C=O) groups excluding carboxylic acids is 2. The molecule has 4 heterocycles. The van der Waals surface area contributed by atoms with E-state index >= 15 is 0 Å². The number of benzene rings is 3. The van der Waals surface area contributed by atoms with Crippen LogP contribution in [-0.4, -0.2) is 63.0 Å². The zero-order valence-corrected chi connectivity index (χ0v) is 20.2. The molecule has 37 heavy (non-hydrogen) atoms. The number of H-pyrrole nitrogens is 1. The lowest BCUT2D eigenvalue weighted by molar-refractivity contribution is -0.153. The van der Waals surface area contributed by atoms with Gasteiger partial charge in [0.1, 0.15) is 0 Å². The van der Waals surface area contributed by atoms with Gasteiger partial charge < -0.3 is 9.80 Å². The van der Waals surface area contributed by atoms with Crippen LogP contribution in [0, 0.1) is 5.41 Å². The number of nitrogens with one attached hydrogen (secondary N) is 1. The molecule has 182 valence electrons. The summed E-state index contributed by atoms with van der Waals surface area (Å²) in [7, 11) is 0. The summed E-state index contributed by atoms with van der Waals surface area (Å²) in [5.74, 6) is 0.0663. The second-order valence-electron chi connectivity index (χ2n) is 10.3. The number of hydrogen-bond acceptors (Lipinski definition) is 4. The van der Waals surface area contributed by atoms with Crippen molar-refractivity contribution in [2.75, 3.05) is 26.2 Å². The Morgan fingerprint density at radius 2 is 1.62 bits per heavy atom. The molecule has 2 fully saturated rings. The molecule has 0 saturated carbocycles. The van der Waals surface area contributed by atoms with Crippen LogP contribution >= 0.6 is 0 Å². The molecule has 7 rings (SSSR count). The maximum Gasteiger partial charge on any atom is 0.275 e. The Morgan fingerprint density at radius 1 is 0.811 bits per heavy atom. The topological polar surface area (TPSA) is 82.2 Å². The highest BCUT2D eigenvalue weighted by Crippen LogP contribution is 2.41. The summed E-state index contributed by atoms with van der Waals surface area (Å²) in [6.45, 7) is 2.70. The summed E-state index contributed by atoms with van der Waals surface area (Å²) in [5.41, 5.74) is 5.43. The second-order valence-corrected chi connectivity index (χ2v) is 10.3. The van der Waals surface area contributed by atoms with Gasteiger partial charge in [-0.15, -0.1) is 0 Å². The van der Waals surface area contributed by atoms with Crippen molar-refractivity contribution in [3.8, 4) is 11.1 Å². The number of aromatic nitrogens is 3. The number of nitrogens with zero attached hydrogens (tertiary/aromatic N) is 4. The van der Waals surface area contributed by atoms with E-state index in [9.17, 15) is 9.59 Å². The molecule has 2 saturated heterocycles. The van der Waals surface area contributed by atoms with Crippen molar-refractivity contribution in [2.45, 2.75) is 6.42 Å². The van der Waals surface area contributed by atoms with Gasteiger partial charge in [0, 0.05) is 48.6 Å². The van der Waals surface area contributed by atoms with Crippen LogP contribution in [0.1, 0.15) is 16.1 Å². The van der Waals surface area contributed by atoms with Gasteiger partial charge >= 0.3 is 0 Å². The third-order valence-electron chi connectivity index (χ3n) is 7.70. The molecule has 2 aliphatic heterocycles. The lowest BCUT2D eigenvalue weighted by Crippen LogP contribution is -2.73. The number of likely N-dealkylation sites (tertiary alicyclic amines) is 2. The van der Waals surface area contributed by atoms with E-state index in [-0.39, 0.29) is 17.2 Å². The van der Waals surface area contributed by atoms with Crippen LogP contribution in [0.2, 0.25) is 0 Å². The summed E-state index contributed by atoms with van der Waals surface area (Å²) in [5, 5.41) is 9.25. The summed E-state index contributed by atoms with van der Waals surface area (Å²) in [4.78, 5) is 34.3. The standard InChI is InChI=1S/C30H25N5O2/c36-27(15-22-8-4-10-25-23(22)9-5-13-31-25)34-16-30(17-34)18-35(19-30)29(37)28-24-12-11-21(14-26(24)32-33-28)20-6-2-1-3-7-20/h1-14H,15-19H2,(H,32,33). The third-order valence-corrected chi connectivity index (χ3v) is 7.70. The van der Waals surface area contributed by atoms with Gasteiger partial charge in [-0.1, -0.05) is 54.6 Å². The van der Waals surface area contributed by atoms with E-state index in [2.05, 4.69) is 27.3 Å². The highest BCUT2D eigenvalue weighted by atomic mass is 16.2. The normalized spacial score (nSPS) is 16.1. The number of amides is 2. The van der Waals surface area contributed by atoms with Gasteiger partial charge in [-0.2, -0.15) is 5.10 Å². The van der Waals surface area contributed by atoms with Gasteiger partial charge in [0.2, 0.25) is 5.91 Å². The third kappa shape index (κ3) is 3.66. The van der Waals surface area contributed by atoms with Crippen LogP contribution in [0.15, 0.2) is 85.1 Å². The molecule has 1 spiro atoms. The highest BCUT2D eigenvalue weighted by molar-refractivity contribution is 6.05. The van der Waals surface area contributed by atoms with E-state index in [4.69, 9.17) is 0 Å². The van der Waals surface area contributed by atoms with Crippen LogP contribution in [-0.2, 0) is 11.2 Å². The zero-order valence-electron chi connectivity index (χ0n) is 20.2. The average molecular weight is 488 g/mol. The Kier molecular flexibility index (Phi) is 4.86. The SMILES string of the molecule is O=C(Cc1cccc2ncccc12)N1CC2(C1)CN(C(=O)c1n[nH]c3cc(-c4ccccc4)ccc13)C2. The number of fused-ring (bicyclic) bond motifs is 2. The van der Waals surface area contributed by atoms with E-state index in [1.807, 2.05) is 76.5 Å². The monoisotopic (exact) mass is 487 g/mol. The van der Waals surface area contributed by atoms with E-state index in [0.29, 0.717) is 38.3 Å². The molecule has 7 heteroatoms. The Hall–Kier alpha value is -4.52. The molecule has 1 N–H and O–H groups in total. The van der Waals surface area contributed by atoms with E-state index in [1.165, 1.54) is 0 Å². The second kappa shape index (κ2) is 8.27. The van der Waals surface area contributed by atoms with Gasteiger partial charge in [-0.05, 0) is 41.0 Å². The molecule has 3 aromatic carbocycles. The van der Waals surface area contributed by atoms with Crippen molar-refractivity contribution in [3.63, 3.8) is 0 Å². The van der Waals surface area contributed by atoms with Gasteiger partial charge in [-0.25, -0.2) is 0 Å². The first-order chi connectivity index (χ1) is 18.1. The first-order valence-electron chi connectivity index (χ1n) is 12.5. The average Bonchev–Trinajstić information content (AvgIpc) is 3.31. The minimum absolute atomic E-state index is 0.0121. The minimum Gasteiger partial charge on any atom is -0.341 e. The molecule has 2 amide bonds. The Bertz CT molecular complexity index is 1660. The predicted molar refractivity (Wildman–Crippen MR) is 142 cm³/mol. The van der Waals surface area contributed by atoms with Crippen molar-refractivity contribution < 1.29 is 9.59 Å². The maximum atomic E-state index is 13.2. The van der Waals surface area contributed by atoms with Gasteiger partial charge in [0.05, 0.1) is 17.5 Å². The van der Waals surface area contributed by atoms with Crippen LogP contribution in [0.4, 0.5) is 0 Å².